The molecule has 0 aliphatic rings. The molecule has 1 aromatic rings. The van der Waals surface area contributed by atoms with Gasteiger partial charge in [0.1, 0.15) is 5.75 Å². The third-order valence-electron chi connectivity index (χ3n) is 2.82. The van der Waals surface area contributed by atoms with E-state index in [-0.39, 0.29) is 18.2 Å². The molecule has 17 heavy (non-hydrogen) atoms. The third kappa shape index (κ3) is 3.70. The number of benzene rings is 1. The second-order valence-electron chi connectivity index (χ2n) is 4.65. The van der Waals surface area contributed by atoms with Crippen LogP contribution in [0, 0.1) is 0 Å². The van der Waals surface area contributed by atoms with E-state index in [0.29, 0.717) is 6.54 Å². The molecule has 0 bridgehead atoms. The van der Waals surface area contributed by atoms with E-state index in [2.05, 4.69) is 19.2 Å². The van der Waals surface area contributed by atoms with Gasteiger partial charge < -0.3 is 20.9 Å². The Morgan fingerprint density at radius 3 is 2.65 bits per heavy atom. The number of nitrogens with one attached hydrogen (secondary N) is 1. The summed E-state index contributed by atoms with van der Waals surface area (Å²) in [6.07, 6.45) is 0. The van der Waals surface area contributed by atoms with Crippen molar-refractivity contribution in [3.63, 3.8) is 0 Å². The smallest absolute Gasteiger partial charge is 0.123 e. The van der Waals surface area contributed by atoms with Crippen LogP contribution in [0.15, 0.2) is 24.3 Å². The lowest BCUT2D eigenvalue weighted by Gasteiger charge is -2.29. The first-order chi connectivity index (χ1) is 8.01. The molecule has 0 unspecified atom stereocenters. The number of rotatable bonds is 6. The molecule has 0 aliphatic carbocycles. The SMILES string of the molecule is COc1ccccc1C(C)(C)NC[C@@H](N)CO. The Bertz CT molecular complexity index is 353. The third-order valence-corrected chi connectivity index (χ3v) is 2.82. The Kier molecular flexibility index (Phi) is 4.93. The van der Waals surface area contributed by atoms with Crippen molar-refractivity contribution in [2.24, 2.45) is 5.73 Å². The second-order valence-corrected chi connectivity index (χ2v) is 4.65. The number of hydrogen-bond acceptors (Lipinski definition) is 4. The average molecular weight is 238 g/mol. The molecule has 4 nitrogen and oxygen atoms in total. The van der Waals surface area contributed by atoms with E-state index >= 15 is 0 Å². The van der Waals surface area contributed by atoms with Gasteiger partial charge in [-0.2, -0.15) is 0 Å². The summed E-state index contributed by atoms with van der Waals surface area (Å²) >= 11 is 0. The number of hydrogen-bond donors (Lipinski definition) is 3. The van der Waals surface area contributed by atoms with Crippen LogP contribution in [0.2, 0.25) is 0 Å². The van der Waals surface area contributed by atoms with E-state index < -0.39 is 0 Å². The van der Waals surface area contributed by atoms with Gasteiger partial charge in [-0.05, 0) is 19.9 Å². The topological polar surface area (TPSA) is 67.5 Å². The molecule has 0 aromatic heterocycles. The number of aliphatic hydroxyl groups is 1. The fourth-order valence-corrected chi connectivity index (χ4v) is 1.71. The summed E-state index contributed by atoms with van der Waals surface area (Å²) in [5.74, 6) is 0.850. The number of aliphatic hydroxyl groups excluding tert-OH is 1. The van der Waals surface area contributed by atoms with Crippen LogP contribution in [0.1, 0.15) is 19.4 Å². The van der Waals surface area contributed by atoms with Crippen molar-refractivity contribution in [3.05, 3.63) is 29.8 Å². The average Bonchev–Trinajstić information content (AvgIpc) is 2.35. The Morgan fingerprint density at radius 2 is 2.06 bits per heavy atom. The molecule has 0 spiro atoms. The summed E-state index contributed by atoms with van der Waals surface area (Å²) in [5.41, 5.74) is 6.51. The van der Waals surface area contributed by atoms with Crippen LogP contribution in [0.5, 0.6) is 5.75 Å². The lowest BCUT2D eigenvalue weighted by Crippen LogP contribution is -2.45. The molecule has 0 saturated carbocycles. The van der Waals surface area contributed by atoms with Crippen LogP contribution in [-0.2, 0) is 5.54 Å². The highest BCUT2D eigenvalue weighted by atomic mass is 16.5. The van der Waals surface area contributed by atoms with Crippen LogP contribution < -0.4 is 15.8 Å². The molecular formula is C13H22N2O2. The van der Waals surface area contributed by atoms with Gasteiger partial charge in [0.15, 0.2) is 0 Å². The molecule has 1 atom stereocenters. The molecule has 0 amide bonds. The quantitative estimate of drug-likeness (QED) is 0.687. The van der Waals surface area contributed by atoms with Crippen molar-refractivity contribution in [1.29, 1.82) is 0 Å². The van der Waals surface area contributed by atoms with Crippen molar-refractivity contribution in [1.82, 2.24) is 5.32 Å². The van der Waals surface area contributed by atoms with E-state index in [1.54, 1.807) is 7.11 Å². The van der Waals surface area contributed by atoms with Gasteiger partial charge in [0.05, 0.1) is 13.7 Å². The van der Waals surface area contributed by atoms with Gasteiger partial charge in [-0.3, -0.25) is 0 Å². The molecule has 1 rings (SSSR count). The highest BCUT2D eigenvalue weighted by Crippen LogP contribution is 2.28. The first-order valence-electron chi connectivity index (χ1n) is 5.76. The fraction of sp³-hybridized carbons (Fsp3) is 0.538. The number of nitrogens with two attached hydrogens (primary N) is 1. The molecule has 0 saturated heterocycles. The van der Waals surface area contributed by atoms with E-state index in [1.165, 1.54) is 0 Å². The summed E-state index contributed by atoms with van der Waals surface area (Å²) in [4.78, 5) is 0. The number of methoxy groups -OCH3 is 1. The minimum atomic E-state index is -0.251. The van der Waals surface area contributed by atoms with Gasteiger partial charge in [0.2, 0.25) is 0 Å². The highest BCUT2D eigenvalue weighted by Gasteiger charge is 2.23. The molecule has 0 radical (unpaired) electrons. The zero-order chi connectivity index (χ0) is 12.9. The molecule has 0 aliphatic heterocycles. The first kappa shape index (κ1) is 14.0. The molecule has 1 aromatic carbocycles. The molecular weight excluding hydrogens is 216 g/mol. The minimum absolute atomic E-state index is 0.0188. The fourth-order valence-electron chi connectivity index (χ4n) is 1.71. The Labute approximate surface area is 103 Å². The Balaban J connectivity index is 2.81. The van der Waals surface area contributed by atoms with Gasteiger partial charge in [-0.25, -0.2) is 0 Å². The van der Waals surface area contributed by atoms with E-state index in [4.69, 9.17) is 15.6 Å². The largest absolute Gasteiger partial charge is 0.496 e. The summed E-state index contributed by atoms with van der Waals surface area (Å²) in [6.45, 7) is 4.67. The number of para-hydroxylation sites is 1. The maximum atomic E-state index is 8.91. The Morgan fingerprint density at radius 1 is 1.41 bits per heavy atom. The predicted molar refractivity (Wildman–Crippen MR) is 69.1 cm³/mol. The van der Waals surface area contributed by atoms with Crippen molar-refractivity contribution in [2.45, 2.75) is 25.4 Å². The van der Waals surface area contributed by atoms with Gasteiger partial charge in [-0.15, -0.1) is 0 Å². The van der Waals surface area contributed by atoms with Gasteiger partial charge in [-0.1, -0.05) is 18.2 Å². The van der Waals surface area contributed by atoms with Crippen LogP contribution in [0.4, 0.5) is 0 Å². The van der Waals surface area contributed by atoms with Gasteiger partial charge >= 0.3 is 0 Å². The Hall–Kier alpha value is -1.10. The molecule has 0 fully saturated rings. The molecule has 96 valence electrons. The summed E-state index contributed by atoms with van der Waals surface area (Å²) in [5, 5.41) is 12.2. The van der Waals surface area contributed by atoms with Crippen LogP contribution in [0.25, 0.3) is 0 Å². The summed E-state index contributed by atoms with van der Waals surface area (Å²) in [6, 6.07) is 7.63. The van der Waals surface area contributed by atoms with Crippen LogP contribution in [-0.4, -0.2) is 31.4 Å². The summed E-state index contributed by atoms with van der Waals surface area (Å²) < 4.78 is 5.34. The van der Waals surface area contributed by atoms with Crippen molar-refractivity contribution >= 4 is 0 Å². The first-order valence-corrected chi connectivity index (χ1v) is 5.76. The van der Waals surface area contributed by atoms with Crippen molar-refractivity contribution in [3.8, 4) is 5.75 Å². The van der Waals surface area contributed by atoms with Crippen LogP contribution >= 0.6 is 0 Å². The molecule has 4 N–H and O–H groups in total. The maximum absolute atomic E-state index is 8.91. The zero-order valence-corrected chi connectivity index (χ0v) is 10.7. The number of ether oxygens (including phenoxy) is 1. The summed E-state index contributed by atoms with van der Waals surface area (Å²) in [7, 11) is 1.66. The van der Waals surface area contributed by atoms with Crippen LogP contribution in [0.3, 0.4) is 0 Å². The van der Waals surface area contributed by atoms with E-state index in [0.717, 1.165) is 11.3 Å². The molecule has 4 heteroatoms. The van der Waals surface area contributed by atoms with E-state index in [1.807, 2.05) is 24.3 Å². The highest BCUT2D eigenvalue weighted by molar-refractivity contribution is 5.38. The maximum Gasteiger partial charge on any atom is 0.123 e. The lowest BCUT2D eigenvalue weighted by atomic mass is 9.93. The second kappa shape index (κ2) is 6.00. The van der Waals surface area contributed by atoms with E-state index in [9.17, 15) is 0 Å². The van der Waals surface area contributed by atoms with Gasteiger partial charge in [0.25, 0.3) is 0 Å². The zero-order valence-electron chi connectivity index (χ0n) is 10.7. The van der Waals surface area contributed by atoms with Gasteiger partial charge in [0, 0.05) is 23.7 Å². The van der Waals surface area contributed by atoms with Crippen molar-refractivity contribution in [2.75, 3.05) is 20.3 Å². The minimum Gasteiger partial charge on any atom is -0.496 e. The lowest BCUT2D eigenvalue weighted by molar-refractivity contribution is 0.250. The standard InChI is InChI=1S/C13H22N2O2/c1-13(2,15-8-10(14)9-16)11-6-4-5-7-12(11)17-3/h4-7,10,15-16H,8-9,14H2,1-3H3/t10-/m1/s1. The van der Waals surface area contributed by atoms with Crippen molar-refractivity contribution < 1.29 is 9.84 Å². The predicted octanol–water partition coefficient (Wildman–Crippen LogP) is 0.839. The monoisotopic (exact) mass is 238 g/mol. The normalized spacial score (nSPS) is 13.5. The molecule has 0 heterocycles.